The molecule has 0 nitrogen and oxygen atoms in total. The Morgan fingerprint density at radius 1 is 0.667 bits per heavy atom. The number of allylic oxidation sites excluding steroid dienone is 1. The summed E-state index contributed by atoms with van der Waals surface area (Å²) in [6.07, 6.45) is 2.44. The standard InChI is InChI=1S/C23H21Si/c1-24(2)23-20-15-9-14-19(17-10-5-3-6-11-17)22(20)16-21(23)18-12-7-4-8-13-18/h3-16,23H,1-2H3. The summed E-state index contributed by atoms with van der Waals surface area (Å²) in [5.74, 6) is 0. The fraction of sp³-hybridized carbons (Fsp3) is 0.130. The van der Waals surface area contributed by atoms with E-state index in [2.05, 4.69) is 98.0 Å². The van der Waals surface area contributed by atoms with E-state index in [9.17, 15) is 0 Å². The Kier molecular flexibility index (Phi) is 3.95. The summed E-state index contributed by atoms with van der Waals surface area (Å²) in [5.41, 5.74) is 9.01. The summed E-state index contributed by atoms with van der Waals surface area (Å²) in [4.78, 5) is 0. The monoisotopic (exact) mass is 325 g/mol. The molecule has 0 heterocycles. The summed E-state index contributed by atoms with van der Waals surface area (Å²) < 4.78 is 0. The first-order chi connectivity index (χ1) is 11.8. The van der Waals surface area contributed by atoms with E-state index in [1.165, 1.54) is 33.4 Å². The predicted molar refractivity (Wildman–Crippen MR) is 106 cm³/mol. The van der Waals surface area contributed by atoms with Gasteiger partial charge in [-0.3, -0.25) is 0 Å². The van der Waals surface area contributed by atoms with Crippen LogP contribution in [0.25, 0.3) is 22.8 Å². The highest BCUT2D eigenvalue weighted by Crippen LogP contribution is 2.46. The van der Waals surface area contributed by atoms with Gasteiger partial charge in [-0.25, -0.2) is 0 Å². The van der Waals surface area contributed by atoms with Gasteiger partial charge in [0.05, 0.1) is 8.80 Å². The molecule has 117 valence electrons. The third-order valence-electron chi connectivity index (χ3n) is 4.83. The van der Waals surface area contributed by atoms with Crippen molar-refractivity contribution in [2.75, 3.05) is 0 Å². The Morgan fingerprint density at radius 2 is 1.29 bits per heavy atom. The van der Waals surface area contributed by atoms with Gasteiger partial charge in [0.25, 0.3) is 0 Å². The molecule has 1 aliphatic carbocycles. The van der Waals surface area contributed by atoms with Crippen molar-refractivity contribution >= 4 is 20.4 Å². The van der Waals surface area contributed by atoms with Crippen LogP contribution in [0.1, 0.15) is 22.2 Å². The van der Waals surface area contributed by atoms with Crippen molar-refractivity contribution in [3.05, 3.63) is 95.6 Å². The van der Waals surface area contributed by atoms with Gasteiger partial charge in [-0.05, 0) is 39.5 Å². The molecule has 4 rings (SSSR count). The Bertz CT molecular complexity index is 876. The summed E-state index contributed by atoms with van der Waals surface area (Å²) >= 11 is 0. The quantitative estimate of drug-likeness (QED) is 0.497. The lowest BCUT2D eigenvalue weighted by atomic mass is 9.97. The van der Waals surface area contributed by atoms with Crippen LogP contribution in [0.5, 0.6) is 0 Å². The molecule has 0 saturated heterocycles. The van der Waals surface area contributed by atoms with Crippen molar-refractivity contribution in [2.24, 2.45) is 0 Å². The second-order valence-corrected chi connectivity index (χ2v) is 9.38. The number of hydrogen-bond donors (Lipinski definition) is 0. The van der Waals surface area contributed by atoms with E-state index >= 15 is 0 Å². The highest BCUT2D eigenvalue weighted by atomic mass is 28.3. The van der Waals surface area contributed by atoms with Crippen molar-refractivity contribution in [3.8, 4) is 11.1 Å². The fourth-order valence-corrected chi connectivity index (χ4v) is 5.52. The number of benzene rings is 3. The molecule has 3 aromatic rings. The Hall–Kier alpha value is -2.38. The van der Waals surface area contributed by atoms with Crippen molar-refractivity contribution in [2.45, 2.75) is 18.6 Å². The van der Waals surface area contributed by atoms with Gasteiger partial charge < -0.3 is 0 Å². The average Bonchev–Trinajstić information content (AvgIpc) is 3.03. The maximum absolute atomic E-state index is 2.44. The van der Waals surface area contributed by atoms with Crippen LogP contribution in [0.2, 0.25) is 13.1 Å². The molecule has 1 heteroatoms. The van der Waals surface area contributed by atoms with E-state index in [1.54, 1.807) is 0 Å². The topological polar surface area (TPSA) is 0 Å². The minimum atomic E-state index is -0.486. The van der Waals surface area contributed by atoms with Gasteiger partial charge >= 0.3 is 0 Å². The highest BCUT2D eigenvalue weighted by molar-refractivity contribution is 6.60. The first kappa shape index (κ1) is 15.2. The highest BCUT2D eigenvalue weighted by Gasteiger charge is 2.30. The van der Waals surface area contributed by atoms with E-state index in [4.69, 9.17) is 0 Å². The third kappa shape index (κ3) is 2.55. The molecule has 1 unspecified atom stereocenters. The van der Waals surface area contributed by atoms with E-state index in [1.807, 2.05) is 0 Å². The van der Waals surface area contributed by atoms with Crippen molar-refractivity contribution in [1.29, 1.82) is 0 Å². The Balaban J connectivity index is 1.91. The second-order valence-electron chi connectivity index (χ2n) is 6.65. The molecule has 0 bridgehead atoms. The smallest absolute Gasteiger partial charge is 0.0556 e. The minimum absolute atomic E-state index is 0.486. The third-order valence-corrected chi connectivity index (χ3v) is 6.61. The maximum atomic E-state index is 2.44. The Morgan fingerprint density at radius 3 is 1.92 bits per heavy atom. The zero-order valence-electron chi connectivity index (χ0n) is 14.2. The number of rotatable bonds is 3. The summed E-state index contributed by atoms with van der Waals surface area (Å²) in [7, 11) is -0.486. The molecule has 0 amide bonds. The summed E-state index contributed by atoms with van der Waals surface area (Å²) in [6.45, 7) is 4.85. The predicted octanol–water partition coefficient (Wildman–Crippen LogP) is 6.29. The van der Waals surface area contributed by atoms with Gasteiger partial charge in [-0.1, -0.05) is 92.0 Å². The lowest BCUT2D eigenvalue weighted by Gasteiger charge is -2.20. The van der Waals surface area contributed by atoms with Crippen molar-refractivity contribution < 1.29 is 0 Å². The first-order valence-corrected chi connectivity index (χ1v) is 11.1. The molecule has 0 aromatic heterocycles. The van der Waals surface area contributed by atoms with E-state index in [0.717, 1.165) is 0 Å². The van der Waals surface area contributed by atoms with Crippen LogP contribution in [0.3, 0.4) is 0 Å². The zero-order valence-corrected chi connectivity index (χ0v) is 15.2. The van der Waals surface area contributed by atoms with Crippen LogP contribution in [-0.2, 0) is 0 Å². The summed E-state index contributed by atoms with van der Waals surface area (Å²) in [6, 6.07) is 28.4. The minimum Gasteiger partial charge on any atom is -0.0705 e. The average molecular weight is 326 g/mol. The van der Waals surface area contributed by atoms with Gasteiger partial charge in [-0.2, -0.15) is 0 Å². The van der Waals surface area contributed by atoms with Crippen LogP contribution in [0.15, 0.2) is 78.9 Å². The molecular formula is C23H21Si. The lowest BCUT2D eigenvalue weighted by Crippen LogP contribution is -2.15. The maximum Gasteiger partial charge on any atom is 0.0556 e. The molecule has 0 N–H and O–H groups in total. The van der Waals surface area contributed by atoms with Crippen LogP contribution in [-0.4, -0.2) is 8.80 Å². The largest absolute Gasteiger partial charge is 0.0705 e. The van der Waals surface area contributed by atoms with Crippen LogP contribution in [0, 0.1) is 0 Å². The molecule has 0 aliphatic heterocycles. The molecule has 0 spiro atoms. The van der Waals surface area contributed by atoms with Gasteiger partial charge in [0.15, 0.2) is 0 Å². The molecular weight excluding hydrogens is 304 g/mol. The van der Waals surface area contributed by atoms with E-state index < -0.39 is 8.80 Å². The molecule has 1 aliphatic rings. The van der Waals surface area contributed by atoms with Crippen molar-refractivity contribution in [1.82, 2.24) is 0 Å². The van der Waals surface area contributed by atoms with Gasteiger partial charge in [0, 0.05) is 5.54 Å². The molecule has 1 radical (unpaired) electrons. The molecule has 1 atom stereocenters. The van der Waals surface area contributed by atoms with Crippen LogP contribution in [0.4, 0.5) is 0 Å². The Labute approximate surface area is 146 Å². The van der Waals surface area contributed by atoms with Gasteiger partial charge in [0.2, 0.25) is 0 Å². The van der Waals surface area contributed by atoms with Crippen molar-refractivity contribution in [3.63, 3.8) is 0 Å². The number of fused-ring (bicyclic) bond motifs is 1. The zero-order chi connectivity index (χ0) is 16.5. The van der Waals surface area contributed by atoms with Gasteiger partial charge in [0.1, 0.15) is 0 Å². The molecule has 0 saturated carbocycles. The molecule has 0 fully saturated rings. The second kappa shape index (κ2) is 6.25. The van der Waals surface area contributed by atoms with E-state index in [0.29, 0.717) is 5.54 Å². The van der Waals surface area contributed by atoms with Crippen LogP contribution < -0.4 is 0 Å². The van der Waals surface area contributed by atoms with Gasteiger partial charge in [-0.15, -0.1) is 0 Å². The van der Waals surface area contributed by atoms with Crippen LogP contribution >= 0.6 is 0 Å². The SMILES string of the molecule is C[Si](C)C1C(c2ccccc2)=Cc2c(-c3ccccc3)cccc21. The normalized spacial score (nSPS) is 16.1. The summed E-state index contributed by atoms with van der Waals surface area (Å²) in [5, 5.41) is 0. The lowest BCUT2D eigenvalue weighted by molar-refractivity contribution is 1.21. The van der Waals surface area contributed by atoms with E-state index in [-0.39, 0.29) is 0 Å². The molecule has 3 aromatic carbocycles. The fourth-order valence-electron chi connectivity index (χ4n) is 3.77. The first-order valence-electron chi connectivity index (χ1n) is 8.51. The molecule has 24 heavy (non-hydrogen) atoms. The number of hydrogen-bond acceptors (Lipinski definition) is 0.